The Labute approximate surface area is 168 Å². The van der Waals surface area contributed by atoms with Gasteiger partial charge < -0.3 is 15.4 Å². The first-order valence-electron chi connectivity index (χ1n) is 10.5. The summed E-state index contributed by atoms with van der Waals surface area (Å²) in [5.74, 6) is 1.11. The Morgan fingerprint density at radius 1 is 1.11 bits per heavy atom. The molecule has 1 aromatic rings. The van der Waals surface area contributed by atoms with E-state index in [4.69, 9.17) is 10.5 Å². The highest BCUT2D eigenvalue weighted by molar-refractivity contribution is 5.95. The molecule has 1 saturated carbocycles. The van der Waals surface area contributed by atoms with Crippen molar-refractivity contribution in [1.29, 1.82) is 0 Å². The van der Waals surface area contributed by atoms with Gasteiger partial charge in [0.15, 0.2) is 0 Å². The van der Waals surface area contributed by atoms with Crippen molar-refractivity contribution < 1.29 is 14.3 Å². The summed E-state index contributed by atoms with van der Waals surface area (Å²) in [5.41, 5.74) is 6.12. The molecule has 2 N–H and O–H groups in total. The maximum absolute atomic E-state index is 13.2. The number of carbonyl (C=O) groups is 2. The average Bonchev–Trinajstić information content (AvgIpc) is 3.17. The van der Waals surface area contributed by atoms with Crippen molar-refractivity contribution in [3.05, 3.63) is 24.3 Å². The van der Waals surface area contributed by atoms with Crippen LogP contribution in [0, 0.1) is 5.92 Å². The first-order chi connectivity index (χ1) is 13.6. The normalized spacial score (nSPS) is 20.8. The standard InChI is InChI=1S/C22H33N3O3/c1-28-19-11-9-18(10-12-19)25(15-13-21(23)26)22(27)16-24-14-5-8-20(24)17-6-3-2-4-7-17/h9-12,17,20H,2-8,13-16H2,1H3,(H2,23,26). The van der Waals surface area contributed by atoms with Gasteiger partial charge >= 0.3 is 0 Å². The van der Waals surface area contributed by atoms with Crippen LogP contribution in [0.5, 0.6) is 5.75 Å². The Balaban J connectivity index is 1.69. The zero-order valence-corrected chi connectivity index (χ0v) is 16.9. The Hall–Kier alpha value is -2.08. The lowest BCUT2D eigenvalue weighted by molar-refractivity contribution is -0.120. The maximum Gasteiger partial charge on any atom is 0.241 e. The molecule has 0 radical (unpaired) electrons. The van der Waals surface area contributed by atoms with E-state index in [9.17, 15) is 9.59 Å². The molecule has 1 heterocycles. The van der Waals surface area contributed by atoms with Gasteiger partial charge in [-0.25, -0.2) is 0 Å². The Morgan fingerprint density at radius 2 is 1.82 bits per heavy atom. The molecule has 0 spiro atoms. The van der Waals surface area contributed by atoms with Gasteiger partial charge in [0.05, 0.1) is 13.7 Å². The summed E-state index contributed by atoms with van der Waals surface area (Å²) >= 11 is 0. The zero-order chi connectivity index (χ0) is 19.9. The van der Waals surface area contributed by atoms with E-state index in [1.807, 2.05) is 24.3 Å². The molecule has 1 aliphatic heterocycles. The summed E-state index contributed by atoms with van der Waals surface area (Å²) in [7, 11) is 1.61. The molecule has 2 aliphatic rings. The summed E-state index contributed by atoms with van der Waals surface area (Å²) in [6, 6.07) is 7.92. The molecule has 1 unspecified atom stereocenters. The highest BCUT2D eigenvalue weighted by Crippen LogP contribution is 2.34. The molecule has 0 bridgehead atoms. The number of likely N-dealkylation sites (tertiary alicyclic amines) is 1. The number of ether oxygens (including phenoxy) is 1. The van der Waals surface area contributed by atoms with Gasteiger partial charge in [-0.05, 0) is 62.4 Å². The maximum atomic E-state index is 13.2. The molecule has 1 atom stereocenters. The summed E-state index contributed by atoms with van der Waals surface area (Å²) in [4.78, 5) is 28.6. The second kappa shape index (κ2) is 9.92. The number of primary amides is 1. The van der Waals surface area contributed by atoms with E-state index in [0.717, 1.165) is 30.3 Å². The third-order valence-corrected chi connectivity index (χ3v) is 6.21. The van der Waals surface area contributed by atoms with Gasteiger partial charge in [-0.15, -0.1) is 0 Å². The minimum atomic E-state index is -0.396. The molecule has 2 fully saturated rings. The van der Waals surface area contributed by atoms with Crippen LogP contribution in [0.1, 0.15) is 51.4 Å². The minimum Gasteiger partial charge on any atom is -0.497 e. The zero-order valence-electron chi connectivity index (χ0n) is 16.9. The minimum absolute atomic E-state index is 0.0362. The number of anilines is 1. The lowest BCUT2D eigenvalue weighted by Crippen LogP contribution is -2.45. The fraction of sp³-hybridized carbons (Fsp3) is 0.636. The predicted octanol–water partition coefficient (Wildman–Crippen LogP) is 2.95. The summed E-state index contributed by atoms with van der Waals surface area (Å²) < 4.78 is 5.21. The highest BCUT2D eigenvalue weighted by atomic mass is 16.5. The van der Waals surface area contributed by atoms with Gasteiger partial charge in [0.1, 0.15) is 5.75 Å². The molecule has 1 aliphatic carbocycles. The first-order valence-corrected chi connectivity index (χ1v) is 10.5. The van der Waals surface area contributed by atoms with E-state index >= 15 is 0 Å². The molecule has 3 rings (SSSR count). The van der Waals surface area contributed by atoms with Crippen LogP contribution in [0.2, 0.25) is 0 Å². The van der Waals surface area contributed by atoms with Crippen LogP contribution < -0.4 is 15.4 Å². The van der Waals surface area contributed by atoms with Gasteiger partial charge in [0.2, 0.25) is 11.8 Å². The van der Waals surface area contributed by atoms with Gasteiger partial charge in [-0.1, -0.05) is 19.3 Å². The summed E-state index contributed by atoms with van der Waals surface area (Å²) in [6.45, 7) is 1.70. The van der Waals surface area contributed by atoms with Gasteiger partial charge in [0, 0.05) is 24.7 Å². The number of benzene rings is 1. The highest BCUT2D eigenvalue weighted by Gasteiger charge is 2.34. The molecule has 1 aromatic carbocycles. The SMILES string of the molecule is COc1ccc(N(CCC(N)=O)C(=O)CN2CCCC2C2CCCCC2)cc1. The number of methoxy groups -OCH3 is 1. The van der Waals surface area contributed by atoms with Crippen molar-refractivity contribution in [1.82, 2.24) is 4.90 Å². The van der Waals surface area contributed by atoms with E-state index in [1.165, 1.54) is 38.5 Å². The monoisotopic (exact) mass is 387 g/mol. The van der Waals surface area contributed by atoms with Crippen molar-refractivity contribution in [3.8, 4) is 5.75 Å². The van der Waals surface area contributed by atoms with E-state index in [-0.39, 0.29) is 12.3 Å². The number of rotatable bonds is 8. The van der Waals surface area contributed by atoms with Crippen LogP contribution >= 0.6 is 0 Å². The van der Waals surface area contributed by atoms with Gasteiger partial charge in [-0.3, -0.25) is 14.5 Å². The fourth-order valence-electron chi connectivity index (χ4n) is 4.74. The lowest BCUT2D eigenvalue weighted by atomic mass is 9.83. The topological polar surface area (TPSA) is 75.9 Å². The predicted molar refractivity (Wildman–Crippen MR) is 110 cm³/mol. The van der Waals surface area contributed by atoms with Crippen LogP contribution in [-0.4, -0.2) is 49.5 Å². The van der Waals surface area contributed by atoms with E-state index < -0.39 is 5.91 Å². The Morgan fingerprint density at radius 3 is 2.46 bits per heavy atom. The van der Waals surface area contributed by atoms with E-state index in [0.29, 0.717) is 19.1 Å². The van der Waals surface area contributed by atoms with Crippen LogP contribution in [-0.2, 0) is 9.59 Å². The third kappa shape index (κ3) is 5.25. The lowest BCUT2D eigenvalue weighted by Gasteiger charge is -2.35. The molecule has 6 heteroatoms. The molecule has 2 amide bonds. The number of carbonyl (C=O) groups excluding carboxylic acids is 2. The average molecular weight is 388 g/mol. The number of nitrogens with two attached hydrogens (primary N) is 1. The molecular formula is C22H33N3O3. The number of nitrogens with zero attached hydrogens (tertiary/aromatic N) is 2. The second-order valence-electron chi connectivity index (χ2n) is 8.04. The fourth-order valence-corrected chi connectivity index (χ4v) is 4.74. The van der Waals surface area contributed by atoms with Gasteiger partial charge in [0.25, 0.3) is 0 Å². The van der Waals surface area contributed by atoms with Crippen LogP contribution in [0.4, 0.5) is 5.69 Å². The van der Waals surface area contributed by atoms with Crippen molar-refractivity contribution in [2.45, 2.75) is 57.4 Å². The summed E-state index contributed by atoms with van der Waals surface area (Å²) in [5, 5.41) is 0. The smallest absolute Gasteiger partial charge is 0.241 e. The second-order valence-corrected chi connectivity index (χ2v) is 8.04. The molecule has 1 saturated heterocycles. The van der Waals surface area contributed by atoms with E-state index in [2.05, 4.69) is 4.90 Å². The Bertz CT molecular complexity index is 655. The van der Waals surface area contributed by atoms with Crippen LogP contribution in [0.15, 0.2) is 24.3 Å². The van der Waals surface area contributed by atoms with Crippen molar-refractivity contribution >= 4 is 17.5 Å². The number of amides is 2. The largest absolute Gasteiger partial charge is 0.497 e. The third-order valence-electron chi connectivity index (χ3n) is 6.21. The van der Waals surface area contributed by atoms with Crippen molar-refractivity contribution in [2.75, 3.05) is 31.6 Å². The molecule has 6 nitrogen and oxygen atoms in total. The van der Waals surface area contributed by atoms with Crippen molar-refractivity contribution in [3.63, 3.8) is 0 Å². The number of hydrogen-bond acceptors (Lipinski definition) is 4. The Kier molecular flexibility index (Phi) is 7.31. The molecular weight excluding hydrogens is 354 g/mol. The summed E-state index contributed by atoms with van der Waals surface area (Å²) in [6.07, 6.45) is 9.09. The molecule has 0 aromatic heterocycles. The quantitative estimate of drug-likeness (QED) is 0.744. The van der Waals surface area contributed by atoms with E-state index in [1.54, 1.807) is 12.0 Å². The van der Waals surface area contributed by atoms with Crippen LogP contribution in [0.25, 0.3) is 0 Å². The van der Waals surface area contributed by atoms with Crippen LogP contribution in [0.3, 0.4) is 0 Å². The van der Waals surface area contributed by atoms with Gasteiger partial charge in [-0.2, -0.15) is 0 Å². The molecule has 28 heavy (non-hydrogen) atoms. The molecule has 154 valence electrons. The first kappa shape index (κ1) is 20.6. The number of hydrogen-bond donors (Lipinski definition) is 1. The van der Waals surface area contributed by atoms with Crippen molar-refractivity contribution in [2.24, 2.45) is 11.7 Å².